The van der Waals surface area contributed by atoms with Gasteiger partial charge in [-0.05, 0) is 37.7 Å². The van der Waals surface area contributed by atoms with E-state index in [9.17, 15) is 0 Å². The van der Waals surface area contributed by atoms with E-state index in [1.165, 1.54) is 15.3 Å². The van der Waals surface area contributed by atoms with Crippen LogP contribution in [0.25, 0.3) is 0 Å². The third kappa shape index (κ3) is 4.47. The molecule has 2 heterocycles. The Bertz CT molecular complexity index is 517. The Balaban J connectivity index is 1.91. The van der Waals surface area contributed by atoms with Crippen LogP contribution >= 0.6 is 11.3 Å². The van der Waals surface area contributed by atoms with Crippen molar-refractivity contribution in [2.24, 2.45) is 0 Å². The number of hydrogen-bond acceptors (Lipinski definition) is 4. The summed E-state index contributed by atoms with van der Waals surface area (Å²) in [7, 11) is 2.13. The van der Waals surface area contributed by atoms with Gasteiger partial charge in [-0.15, -0.1) is 11.3 Å². The van der Waals surface area contributed by atoms with Gasteiger partial charge in [0, 0.05) is 28.9 Å². The molecule has 0 aliphatic carbocycles. The van der Waals surface area contributed by atoms with E-state index in [4.69, 9.17) is 4.42 Å². The van der Waals surface area contributed by atoms with Crippen molar-refractivity contribution in [1.82, 2.24) is 10.2 Å². The topological polar surface area (TPSA) is 28.4 Å². The van der Waals surface area contributed by atoms with E-state index in [2.05, 4.69) is 44.1 Å². The lowest BCUT2D eigenvalue weighted by Crippen LogP contribution is -2.21. The van der Waals surface area contributed by atoms with Gasteiger partial charge in [-0.3, -0.25) is 4.90 Å². The van der Waals surface area contributed by atoms with Crippen molar-refractivity contribution in [2.45, 2.75) is 46.4 Å². The van der Waals surface area contributed by atoms with E-state index >= 15 is 0 Å². The fourth-order valence-corrected chi connectivity index (χ4v) is 3.16. The van der Waals surface area contributed by atoms with Crippen molar-refractivity contribution < 1.29 is 4.42 Å². The second kappa shape index (κ2) is 7.07. The minimum atomic E-state index is 0.530. The van der Waals surface area contributed by atoms with Crippen molar-refractivity contribution in [3.8, 4) is 0 Å². The van der Waals surface area contributed by atoms with Gasteiger partial charge in [-0.25, -0.2) is 0 Å². The van der Waals surface area contributed by atoms with Crippen LogP contribution < -0.4 is 5.32 Å². The lowest BCUT2D eigenvalue weighted by Gasteiger charge is -2.14. The first-order valence-electron chi connectivity index (χ1n) is 7.07. The average Bonchev–Trinajstić information content (AvgIpc) is 2.98. The van der Waals surface area contributed by atoms with E-state index in [1.54, 1.807) is 6.26 Å². The minimum absolute atomic E-state index is 0.530. The SMILES string of the molecule is Cc1sc(CNC(C)C)cc1CN(C)Cc1ccco1. The lowest BCUT2D eigenvalue weighted by molar-refractivity contribution is 0.287. The first-order valence-corrected chi connectivity index (χ1v) is 7.88. The number of aryl methyl sites for hydroxylation is 1. The fraction of sp³-hybridized carbons (Fsp3) is 0.500. The summed E-state index contributed by atoms with van der Waals surface area (Å²) in [5, 5.41) is 3.47. The van der Waals surface area contributed by atoms with Gasteiger partial charge >= 0.3 is 0 Å². The van der Waals surface area contributed by atoms with E-state index in [1.807, 2.05) is 23.5 Å². The molecule has 20 heavy (non-hydrogen) atoms. The molecule has 0 saturated heterocycles. The summed E-state index contributed by atoms with van der Waals surface area (Å²) in [5.74, 6) is 1.02. The first-order chi connectivity index (χ1) is 9.54. The second-order valence-corrected chi connectivity index (χ2v) is 6.92. The molecule has 4 heteroatoms. The molecule has 0 radical (unpaired) electrons. The van der Waals surface area contributed by atoms with Gasteiger partial charge in [0.05, 0.1) is 12.8 Å². The normalized spacial score (nSPS) is 11.7. The predicted octanol–water partition coefficient (Wildman–Crippen LogP) is 3.78. The van der Waals surface area contributed by atoms with Gasteiger partial charge in [0.25, 0.3) is 0 Å². The van der Waals surface area contributed by atoms with Crippen LogP contribution in [0.4, 0.5) is 0 Å². The average molecular weight is 292 g/mol. The zero-order valence-corrected chi connectivity index (χ0v) is 13.6. The van der Waals surface area contributed by atoms with Crippen LogP contribution in [0.3, 0.4) is 0 Å². The van der Waals surface area contributed by atoms with Crippen LogP contribution in [0, 0.1) is 6.92 Å². The Kier molecular flexibility index (Phi) is 5.40. The lowest BCUT2D eigenvalue weighted by atomic mass is 10.2. The van der Waals surface area contributed by atoms with Crippen molar-refractivity contribution in [2.75, 3.05) is 7.05 Å². The summed E-state index contributed by atoms with van der Waals surface area (Å²) < 4.78 is 5.39. The quantitative estimate of drug-likeness (QED) is 0.842. The van der Waals surface area contributed by atoms with Crippen LogP contribution in [-0.2, 0) is 19.6 Å². The molecular weight excluding hydrogens is 268 g/mol. The Morgan fingerprint density at radius 3 is 2.80 bits per heavy atom. The molecule has 0 atom stereocenters. The predicted molar refractivity (Wildman–Crippen MR) is 84.9 cm³/mol. The molecule has 2 aromatic heterocycles. The summed E-state index contributed by atoms with van der Waals surface area (Å²) >= 11 is 1.89. The molecule has 0 aliphatic rings. The highest BCUT2D eigenvalue weighted by Crippen LogP contribution is 2.23. The molecule has 0 aliphatic heterocycles. The van der Waals surface area contributed by atoms with Crippen molar-refractivity contribution in [1.29, 1.82) is 0 Å². The van der Waals surface area contributed by atoms with E-state index in [0.717, 1.165) is 25.4 Å². The molecule has 1 N–H and O–H groups in total. The molecule has 0 spiro atoms. The van der Waals surface area contributed by atoms with Crippen LogP contribution in [0.15, 0.2) is 28.9 Å². The highest BCUT2D eigenvalue weighted by Gasteiger charge is 2.09. The Morgan fingerprint density at radius 2 is 2.15 bits per heavy atom. The maximum absolute atomic E-state index is 5.39. The van der Waals surface area contributed by atoms with Crippen LogP contribution in [0.2, 0.25) is 0 Å². The van der Waals surface area contributed by atoms with Crippen LogP contribution in [-0.4, -0.2) is 18.0 Å². The zero-order chi connectivity index (χ0) is 14.5. The summed E-state index contributed by atoms with van der Waals surface area (Å²) in [6.45, 7) is 9.34. The maximum atomic E-state index is 5.39. The Labute approximate surface area is 125 Å². The van der Waals surface area contributed by atoms with Gasteiger partial charge < -0.3 is 9.73 Å². The maximum Gasteiger partial charge on any atom is 0.117 e. The highest BCUT2D eigenvalue weighted by atomic mass is 32.1. The van der Waals surface area contributed by atoms with Gasteiger partial charge in [0.1, 0.15) is 5.76 Å². The molecule has 0 amide bonds. The summed E-state index contributed by atoms with van der Waals surface area (Å²) in [6.07, 6.45) is 1.73. The van der Waals surface area contributed by atoms with E-state index in [0.29, 0.717) is 6.04 Å². The number of furan rings is 1. The van der Waals surface area contributed by atoms with E-state index < -0.39 is 0 Å². The third-order valence-corrected chi connectivity index (χ3v) is 4.30. The summed E-state index contributed by atoms with van der Waals surface area (Å²) in [6, 6.07) is 6.82. The van der Waals surface area contributed by atoms with Gasteiger partial charge in [0.2, 0.25) is 0 Å². The summed E-state index contributed by atoms with van der Waals surface area (Å²) in [5.41, 5.74) is 1.42. The monoisotopic (exact) mass is 292 g/mol. The second-order valence-electron chi connectivity index (χ2n) is 5.58. The molecular formula is C16H24N2OS. The van der Waals surface area contributed by atoms with E-state index in [-0.39, 0.29) is 0 Å². The summed E-state index contributed by atoms with van der Waals surface area (Å²) in [4.78, 5) is 5.11. The largest absolute Gasteiger partial charge is 0.468 e. The van der Waals surface area contributed by atoms with Gasteiger partial charge in [-0.2, -0.15) is 0 Å². The highest BCUT2D eigenvalue weighted by molar-refractivity contribution is 7.12. The number of rotatable bonds is 7. The zero-order valence-electron chi connectivity index (χ0n) is 12.8. The number of thiophene rings is 1. The molecule has 2 aromatic rings. The fourth-order valence-electron chi connectivity index (χ4n) is 2.15. The minimum Gasteiger partial charge on any atom is -0.468 e. The number of nitrogens with zero attached hydrogens (tertiary/aromatic N) is 1. The van der Waals surface area contributed by atoms with Crippen molar-refractivity contribution in [3.63, 3.8) is 0 Å². The molecule has 0 saturated carbocycles. The molecule has 2 rings (SSSR count). The number of nitrogens with one attached hydrogen (secondary N) is 1. The van der Waals surface area contributed by atoms with Crippen LogP contribution in [0.1, 0.15) is 34.9 Å². The standard InChI is InChI=1S/C16H24N2OS/c1-12(2)17-9-16-8-14(13(3)20-16)10-18(4)11-15-6-5-7-19-15/h5-8,12,17H,9-11H2,1-4H3. The van der Waals surface area contributed by atoms with Crippen molar-refractivity contribution >= 4 is 11.3 Å². The van der Waals surface area contributed by atoms with Crippen LogP contribution in [0.5, 0.6) is 0 Å². The molecule has 0 unspecified atom stereocenters. The Morgan fingerprint density at radius 1 is 1.35 bits per heavy atom. The molecule has 3 nitrogen and oxygen atoms in total. The van der Waals surface area contributed by atoms with Gasteiger partial charge in [0.15, 0.2) is 0 Å². The molecule has 0 fully saturated rings. The first kappa shape index (κ1) is 15.3. The van der Waals surface area contributed by atoms with Crippen molar-refractivity contribution in [3.05, 3.63) is 45.5 Å². The number of hydrogen-bond donors (Lipinski definition) is 1. The molecule has 0 bridgehead atoms. The molecule has 110 valence electrons. The Hall–Kier alpha value is -1.10. The van der Waals surface area contributed by atoms with Gasteiger partial charge in [-0.1, -0.05) is 13.8 Å². The third-order valence-electron chi connectivity index (χ3n) is 3.20. The molecule has 0 aromatic carbocycles. The smallest absolute Gasteiger partial charge is 0.117 e.